The Morgan fingerprint density at radius 3 is 2.51 bits per heavy atom. The molecule has 2 amide bonds. The van der Waals surface area contributed by atoms with E-state index in [1.54, 1.807) is 24.3 Å². The van der Waals surface area contributed by atoms with Crippen molar-refractivity contribution in [2.45, 2.75) is 64.8 Å². The second-order valence-corrected chi connectivity index (χ2v) is 8.07. The number of aromatic nitrogens is 1. The molecule has 9 heteroatoms. The fourth-order valence-corrected chi connectivity index (χ4v) is 3.16. The Hall–Kier alpha value is -3.04. The third kappa shape index (κ3) is 10.4. The number of carbonyl (C=O) groups excluding carboxylic acids is 2. The fraction of sp³-hybridized carbons (Fsp3) is 0.500. The normalized spacial score (nSPS) is 18.3. The van der Waals surface area contributed by atoms with Gasteiger partial charge in [-0.25, -0.2) is 4.39 Å². The van der Waals surface area contributed by atoms with Gasteiger partial charge in [0.15, 0.2) is 0 Å². The summed E-state index contributed by atoms with van der Waals surface area (Å²) < 4.78 is 23.4. The van der Waals surface area contributed by atoms with Crippen LogP contribution in [0.15, 0.2) is 42.6 Å². The Morgan fingerprint density at radius 2 is 1.89 bits per heavy atom. The summed E-state index contributed by atoms with van der Waals surface area (Å²) in [6, 6.07) is 9.48. The van der Waals surface area contributed by atoms with Crippen LogP contribution in [0.5, 0.6) is 5.75 Å². The van der Waals surface area contributed by atoms with Gasteiger partial charge in [0, 0.05) is 31.0 Å². The van der Waals surface area contributed by atoms with E-state index in [9.17, 15) is 14.0 Å². The lowest BCUT2D eigenvalue weighted by Gasteiger charge is -2.12. The van der Waals surface area contributed by atoms with Crippen molar-refractivity contribution < 1.29 is 23.5 Å². The number of pyridine rings is 1. The number of hydrogen-bond acceptors (Lipinski definition) is 6. The molecule has 1 aromatic carbocycles. The predicted octanol–water partition coefficient (Wildman–Crippen LogP) is 3.93. The highest BCUT2D eigenvalue weighted by atomic mass is 19.1. The summed E-state index contributed by atoms with van der Waals surface area (Å²) >= 11 is 0. The Morgan fingerprint density at radius 1 is 1.11 bits per heavy atom. The van der Waals surface area contributed by atoms with Crippen LogP contribution in [0.25, 0.3) is 0 Å². The van der Waals surface area contributed by atoms with E-state index < -0.39 is 6.10 Å². The van der Waals surface area contributed by atoms with Gasteiger partial charge in [-0.15, -0.1) is 0 Å². The summed E-state index contributed by atoms with van der Waals surface area (Å²) in [5.41, 5.74) is 0.816. The molecule has 2 aliphatic rings. The number of amides is 2. The van der Waals surface area contributed by atoms with Crippen LogP contribution in [0.4, 0.5) is 10.1 Å². The highest BCUT2D eigenvalue weighted by Crippen LogP contribution is 2.26. The zero-order chi connectivity index (χ0) is 25.6. The van der Waals surface area contributed by atoms with Gasteiger partial charge in [-0.05, 0) is 63.9 Å². The van der Waals surface area contributed by atoms with Crippen LogP contribution in [0.3, 0.4) is 0 Å². The molecule has 2 heterocycles. The Balaban J connectivity index is 0.000000276. The lowest BCUT2D eigenvalue weighted by molar-refractivity contribution is -0.126. The lowest BCUT2D eigenvalue weighted by atomic mass is 10.2. The van der Waals surface area contributed by atoms with Crippen molar-refractivity contribution in [2.75, 3.05) is 25.5 Å². The van der Waals surface area contributed by atoms with Gasteiger partial charge in [0.1, 0.15) is 23.4 Å². The number of halogens is 1. The standard InChI is InChI=1S/C15H22N4O3.C9H9FO.C2H6/c1-10-3-4-13(22-10)15(21)19-11-5-6-17-12(9-11)14(20)18-8-7-16-2;10-7-2-1-3-9(6-7)11-8-4-5-8;1-2/h5-6,9-10,13,16H,3-4,7-8H2,1-2H3,(H,18,20)(H,17,19,21);1-3,6,8H,4-5H2;1-2H3. The molecule has 1 saturated carbocycles. The number of likely N-dealkylation sites (N-methyl/N-ethyl adjacent to an activating group) is 1. The first-order valence-corrected chi connectivity index (χ1v) is 12.2. The van der Waals surface area contributed by atoms with Crippen LogP contribution < -0.4 is 20.7 Å². The molecule has 2 unspecified atom stereocenters. The molecule has 2 aromatic rings. The fourth-order valence-electron chi connectivity index (χ4n) is 3.16. The molecule has 1 aliphatic heterocycles. The SMILES string of the molecule is CC.CNCCNC(=O)c1cc(NC(=O)C2CCC(C)O2)ccn1.Fc1cccc(OC2CC2)c1. The third-order valence-electron chi connectivity index (χ3n) is 5.07. The maximum Gasteiger partial charge on any atom is 0.269 e. The molecule has 1 aromatic heterocycles. The van der Waals surface area contributed by atoms with E-state index in [1.807, 2.05) is 27.8 Å². The number of nitrogens with one attached hydrogen (secondary N) is 3. The van der Waals surface area contributed by atoms with Crippen LogP contribution in [0.2, 0.25) is 0 Å². The van der Waals surface area contributed by atoms with E-state index in [0.29, 0.717) is 30.6 Å². The van der Waals surface area contributed by atoms with Crippen LogP contribution in [-0.2, 0) is 9.53 Å². The highest BCUT2D eigenvalue weighted by Gasteiger charge is 2.28. The van der Waals surface area contributed by atoms with Crippen LogP contribution >= 0.6 is 0 Å². The van der Waals surface area contributed by atoms with Crippen molar-refractivity contribution in [2.24, 2.45) is 0 Å². The number of nitrogens with zero attached hydrogens (tertiary/aromatic N) is 1. The molecular weight excluding hydrogens is 451 g/mol. The molecule has 192 valence electrons. The van der Waals surface area contributed by atoms with Crippen molar-refractivity contribution in [1.82, 2.24) is 15.6 Å². The minimum atomic E-state index is -0.420. The predicted molar refractivity (Wildman–Crippen MR) is 134 cm³/mol. The topological polar surface area (TPSA) is 102 Å². The summed E-state index contributed by atoms with van der Waals surface area (Å²) in [4.78, 5) is 28.0. The molecule has 35 heavy (non-hydrogen) atoms. The van der Waals surface area contributed by atoms with Crippen molar-refractivity contribution in [1.29, 1.82) is 0 Å². The van der Waals surface area contributed by atoms with E-state index in [4.69, 9.17) is 9.47 Å². The molecule has 0 spiro atoms. The van der Waals surface area contributed by atoms with E-state index in [2.05, 4.69) is 20.9 Å². The number of hydrogen-bond donors (Lipinski definition) is 3. The molecule has 1 saturated heterocycles. The van der Waals surface area contributed by atoms with Gasteiger partial charge >= 0.3 is 0 Å². The van der Waals surface area contributed by atoms with Crippen LogP contribution in [0, 0.1) is 5.82 Å². The first-order valence-electron chi connectivity index (χ1n) is 12.2. The Labute approximate surface area is 207 Å². The molecular formula is C26H37FN4O4. The van der Waals surface area contributed by atoms with Crippen LogP contribution in [-0.4, -0.2) is 55.2 Å². The minimum absolute atomic E-state index is 0.113. The van der Waals surface area contributed by atoms with Gasteiger partial charge in [-0.1, -0.05) is 19.9 Å². The molecule has 8 nitrogen and oxygen atoms in total. The zero-order valence-electron chi connectivity index (χ0n) is 21.0. The van der Waals surface area contributed by atoms with Gasteiger partial charge in [0.05, 0.1) is 12.2 Å². The zero-order valence-corrected chi connectivity index (χ0v) is 21.0. The summed E-state index contributed by atoms with van der Waals surface area (Å²) in [5.74, 6) is -0.0372. The Bertz CT molecular complexity index is 939. The number of rotatable bonds is 8. The average molecular weight is 489 g/mol. The number of ether oxygens (including phenoxy) is 2. The first kappa shape index (κ1) is 28.2. The van der Waals surface area contributed by atoms with Gasteiger partial charge in [-0.2, -0.15) is 0 Å². The van der Waals surface area contributed by atoms with E-state index in [-0.39, 0.29) is 29.4 Å². The monoisotopic (exact) mass is 488 g/mol. The van der Waals surface area contributed by atoms with Crippen molar-refractivity contribution >= 4 is 17.5 Å². The second kappa shape index (κ2) is 15.1. The largest absolute Gasteiger partial charge is 0.490 e. The van der Waals surface area contributed by atoms with E-state index in [0.717, 1.165) is 25.7 Å². The molecule has 0 radical (unpaired) electrons. The average Bonchev–Trinajstić information content (AvgIpc) is 3.56. The smallest absolute Gasteiger partial charge is 0.269 e. The maximum atomic E-state index is 12.6. The van der Waals surface area contributed by atoms with Gasteiger partial charge in [-0.3, -0.25) is 14.6 Å². The summed E-state index contributed by atoms with van der Waals surface area (Å²) in [5, 5.41) is 8.45. The summed E-state index contributed by atoms with van der Waals surface area (Å²) in [6.07, 6.45) is 5.35. The van der Waals surface area contributed by atoms with Crippen molar-refractivity contribution in [3.8, 4) is 5.75 Å². The highest BCUT2D eigenvalue weighted by molar-refractivity contribution is 5.97. The van der Waals surface area contributed by atoms with Gasteiger partial charge in [0.2, 0.25) is 0 Å². The minimum Gasteiger partial charge on any atom is -0.490 e. The summed E-state index contributed by atoms with van der Waals surface area (Å²) in [7, 11) is 1.81. The quantitative estimate of drug-likeness (QED) is 0.487. The second-order valence-electron chi connectivity index (χ2n) is 8.07. The molecule has 3 N–H and O–H groups in total. The van der Waals surface area contributed by atoms with Gasteiger partial charge < -0.3 is 25.4 Å². The molecule has 2 fully saturated rings. The first-order chi connectivity index (χ1) is 16.9. The van der Waals surface area contributed by atoms with E-state index in [1.165, 1.54) is 18.3 Å². The third-order valence-corrected chi connectivity index (χ3v) is 5.07. The Kier molecular flexibility index (Phi) is 12.1. The van der Waals surface area contributed by atoms with Crippen molar-refractivity contribution in [3.63, 3.8) is 0 Å². The van der Waals surface area contributed by atoms with Gasteiger partial charge in [0.25, 0.3) is 11.8 Å². The number of anilines is 1. The lowest BCUT2D eigenvalue weighted by Crippen LogP contribution is -2.31. The number of carbonyl (C=O) groups is 2. The number of benzene rings is 1. The molecule has 4 rings (SSSR count). The van der Waals surface area contributed by atoms with Crippen molar-refractivity contribution in [3.05, 3.63) is 54.1 Å². The summed E-state index contributed by atoms with van der Waals surface area (Å²) in [6.45, 7) is 7.15. The molecule has 0 bridgehead atoms. The maximum absolute atomic E-state index is 12.6. The van der Waals surface area contributed by atoms with E-state index >= 15 is 0 Å². The van der Waals surface area contributed by atoms with Crippen LogP contribution in [0.1, 0.15) is 56.9 Å². The molecule has 2 atom stereocenters. The molecule has 1 aliphatic carbocycles.